The summed E-state index contributed by atoms with van der Waals surface area (Å²) in [6.07, 6.45) is 3.99. The molecule has 1 saturated carbocycles. The first kappa shape index (κ1) is 10.7. The zero-order chi connectivity index (χ0) is 11.5. The summed E-state index contributed by atoms with van der Waals surface area (Å²) >= 11 is 0. The summed E-state index contributed by atoms with van der Waals surface area (Å²) in [5.74, 6) is -0.449. The third kappa shape index (κ3) is 1.92. The quantitative estimate of drug-likeness (QED) is 0.723. The first-order chi connectivity index (χ1) is 7.77. The van der Waals surface area contributed by atoms with Gasteiger partial charge in [0.25, 0.3) is 0 Å². The van der Waals surface area contributed by atoms with Gasteiger partial charge in [-0.3, -0.25) is 0 Å². The van der Waals surface area contributed by atoms with Gasteiger partial charge in [-0.15, -0.1) is 6.58 Å². The molecule has 1 aliphatic carbocycles. The Labute approximate surface area is 94.6 Å². The molecule has 1 aromatic carbocycles. The van der Waals surface area contributed by atoms with Crippen LogP contribution in [-0.2, 0) is 0 Å². The van der Waals surface area contributed by atoms with E-state index in [1.807, 2.05) is 6.07 Å². The second-order valence-electron chi connectivity index (χ2n) is 3.92. The molecule has 0 atom stereocenters. The Kier molecular flexibility index (Phi) is 2.91. The van der Waals surface area contributed by atoms with Crippen LogP contribution in [0.15, 0.2) is 30.9 Å². The zero-order valence-electron chi connectivity index (χ0n) is 8.99. The maximum Gasteiger partial charge on any atom is 0.143 e. The van der Waals surface area contributed by atoms with E-state index in [9.17, 15) is 4.39 Å². The van der Waals surface area contributed by atoms with Gasteiger partial charge in [-0.1, -0.05) is 12.1 Å². The predicted octanol–water partition coefficient (Wildman–Crippen LogP) is 2.85. The van der Waals surface area contributed by atoms with Crippen molar-refractivity contribution in [2.45, 2.75) is 18.9 Å². The van der Waals surface area contributed by atoms with Crippen LogP contribution in [0.4, 0.5) is 10.1 Å². The standard InChI is InChI=1S/C13H13FN2/c1-2-8-16(10-6-7-10)13-5-3-4-12(14)11(13)9-15/h2-5,10H,1,6-8H2. The van der Waals surface area contributed by atoms with Gasteiger partial charge in [0.05, 0.1) is 5.69 Å². The van der Waals surface area contributed by atoms with Crippen molar-refractivity contribution in [1.29, 1.82) is 5.26 Å². The summed E-state index contributed by atoms with van der Waals surface area (Å²) in [5.41, 5.74) is 0.821. The monoisotopic (exact) mass is 216 g/mol. The van der Waals surface area contributed by atoms with Gasteiger partial charge < -0.3 is 4.90 Å². The molecule has 0 radical (unpaired) electrons. The molecular weight excluding hydrogens is 203 g/mol. The smallest absolute Gasteiger partial charge is 0.143 e. The molecule has 0 heterocycles. The summed E-state index contributed by atoms with van der Waals surface area (Å²) in [4.78, 5) is 2.05. The molecule has 0 bridgehead atoms. The molecule has 1 aromatic rings. The summed E-state index contributed by atoms with van der Waals surface area (Å²) in [6, 6.07) is 7.13. The Hall–Kier alpha value is -1.82. The predicted molar refractivity (Wildman–Crippen MR) is 61.7 cm³/mol. The second-order valence-corrected chi connectivity index (χ2v) is 3.92. The van der Waals surface area contributed by atoms with Crippen LogP contribution < -0.4 is 4.90 Å². The van der Waals surface area contributed by atoms with Crippen molar-refractivity contribution in [2.75, 3.05) is 11.4 Å². The number of benzene rings is 1. The summed E-state index contributed by atoms with van der Waals surface area (Å²) in [5, 5.41) is 8.98. The molecule has 0 saturated heterocycles. The van der Waals surface area contributed by atoms with Gasteiger partial charge in [0.15, 0.2) is 0 Å². The number of rotatable bonds is 4. The van der Waals surface area contributed by atoms with Crippen LogP contribution in [0.25, 0.3) is 0 Å². The first-order valence-corrected chi connectivity index (χ1v) is 5.34. The van der Waals surface area contributed by atoms with Crippen molar-refractivity contribution in [3.8, 4) is 6.07 Å². The van der Waals surface area contributed by atoms with Crippen LogP contribution in [0.3, 0.4) is 0 Å². The average molecular weight is 216 g/mol. The van der Waals surface area contributed by atoms with E-state index in [1.54, 1.807) is 18.2 Å². The fraction of sp³-hybridized carbons (Fsp3) is 0.308. The van der Waals surface area contributed by atoms with E-state index in [0.29, 0.717) is 18.3 Å². The SMILES string of the molecule is C=CCN(c1cccc(F)c1C#N)C1CC1. The highest BCUT2D eigenvalue weighted by atomic mass is 19.1. The maximum atomic E-state index is 13.5. The molecule has 0 amide bonds. The highest BCUT2D eigenvalue weighted by Gasteiger charge is 2.30. The van der Waals surface area contributed by atoms with Crippen molar-refractivity contribution in [1.82, 2.24) is 0 Å². The number of anilines is 1. The van der Waals surface area contributed by atoms with Crippen molar-refractivity contribution in [3.05, 3.63) is 42.2 Å². The lowest BCUT2D eigenvalue weighted by Gasteiger charge is -2.24. The fourth-order valence-corrected chi connectivity index (χ4v) is 1.83. The van der Waals surface area contributed by atoms with E-state index in [4.69, 9.17) is 5.26 Å². The summed E-state index contributed by atoms with van der Waals surface area (Å²) in [6.45, 7) is 4.35. The summed E-state index contributed by atoms with van der Waals surface area (Å²) < 4.78 is 13.5. The molecular formula is C13H13FN2. The largest absolute Gasteiger partial charge is 0.364 e. The minimum atomic E-state index is -0.449. The minimum Gasteiger partial charge on any atom is -0.364 e. The Morgan fingerprint density at radius 1 is 1.56 bits per heavy atom. The topological polar surface area (TPSA) is 27.0 Å². The van der Waals surface area contributed by atoms with Crippen molar-refractivity contribution < 1.29 is 4.39 Å². The van der Waals surface area contributed by atoms with Gasteiger partial charge in [-0.2, -0.15) is 5.26 Å². The molecule has 3 heteroatoms. The molecule has 0 unspecified atom stereocenters. The van der Waals surface area contributed by atoms with E-state index < -0.39 is 5.82 Å². The van der Waals surface area contributed by atoms with E-state index in [2.05, 4.69) is 11.5 Å². The van der Waals surface area contributed by atoms with Gasteiger partial charge in [0, 0.05) is 12.6 Å². The highest BCUT2D eigenvalue weighted by molar-refractivity contribution is 5.61. The number of nitrogens with zero attached hydrogens (tertiary/aromatic N) is 2. The van der Waals surface area contributed by atoms with E-state index >= 15 is 0 Å². The second kappa shape index (κ2) is 4.36. The van der Waals surface area contributed by atoms with E-state index in [1.165, 1.54) is 6.07 Å². The molecule has 2 nitrogen and oxygen atoms in total. The average Bonchev–Trinajstić information content (AvgIpc) is 3.09. The molecule has 2 rings (SSSR count). The Balaban J connectivity index is 2.40. The molecule has 0 spiro atoms. The molecule has 16 heavy (non-hydrogen) atoms. The molecule has 0 aliphatic heterocycles. The lowest BCUT2D eigenvalue weighted by molar-refractivity contribution is 0.622. The third-order valence-electron chi connectivity index (χ3n) is 2.73. The lowest BCUT2D eigenvalue weighted by atomic mass is 10.1. The molecule has 1 aliphatic rings. The molecule has 0 N–H and O–H groups in total. The maximum absolute atomic E-state index is 13.5. The van der Waals surface area contributed by atoms with E-state index in [0.717, 1.165) is 12.8 Å². The van der Waals surface area contributed by atoms with Crippen LogP contribution in [0.2, 0.25) is 0 Å². The summed E-state index contributed by atoms with van der Waals surface area (Å²) in [7, 11) is 0. The number of hydrogen-bond acceptors (Lipinski definition) is 2. The molecule has 0 aromatic heterocycles. The van der Waals surface area contributed by atoms with Crippen LogP contribution in [0.1, 0.15) is 18.4 Å². The van der Waals surface area contributed by atoms with Crippen LogP contribution >= 0.6 is 0 Å². The normalized spacial score (nSPS) is 14.2. The number of halogens is 1. The Bertz CT molecular complexity index is 444. The van der Waals surface area contributed by atoms with Crippen LogP contribution in [0, 0.1) is 17.1 Å². The van der Waals surface area contributed by atoms with Crippen molar-refractivity contribution in [2.24, 2.45) is 0 Å². The lowest BCUT2D eigenvalue weighted by Crippen LogP contribution is -2.26. The fourth-order valence-electron chi connectivity index (χ4n) is 1.83. The number of nitriles is 1. The van der Waals surface area contributed by atoms with E-state index in [-0.39, 0.29) is 5.56 Å². The van der Waals surface area contributed by atoms with Crippen molar-refractivity contribution in [3.63, 3.8) is 0 Å². The van der Waals surface area contributed by atoms with Gasteiger partial charge in [-0.25, -0.2) is 4.39 Å². The highest BCUT2D eigenvalue weighted by Crippen LogP contribution is 2.33. The van der Waals surface area contributed by atoms with Crippen LogP contribution in [-0.4, -0.2) is 12.6 Å². The van der Waals surface area contributed by atoms with Gasteiger partial charge >= 0.3 is 0 Å². The van der Waals surface area contributed by atoms with Gasteiger partial charge in [0.2, 0.25) is 0 Å². The molecule has 1 fully saturated rings. The zero-order valence-corrected chi connectivity index (χ0v) is 8.99. The Morgan fingerprint density at radius 2 is 2.31 bits per heavy atom. The first-order valence-electron chi connectivity index (χ1n) is 5.34. The van der Waals surface area contributed by atoms with Crippen LogP contribution in [0.5, 0.6) is 0 Å². The minimum absolute atomic E-state index is 0.135. The van der Waals surface area contributed by atoms with Gasteiger partial charge in [0.1, 0.15) is 17.4 Å². The Morgan fingerprint density at radius 3 is 2.88 bits per heavy atom. The molecule has 82 valence electrons. The number of hydrogen-bond donors (Lipinski definition) is 0. The van der Waals surface area contributed by atoms with Gasteiger partial charge in [-0.05, 0) is 25.0 Å². The van der Waals surface area contributed by atoms with Crippen molar-refractivity contribution >= 4 is 5.69 Å². The third-order valence-corrected chi connectivity index (χ3v) is 2.73.